The number of nitrogens with zero attached hydrogens (tertiary/aromatic N) is 2. The lowest BCUT2D eigenvalue weighted by molar-refractivity contribution is 0.102. The van der Waals surface area contributed by atoms with Crippen molar-refractivity contribution in [1.82, 2.24) is 9.55 Å². The Morgan fingerprint density at radius 2 is 1.88 bits per heavy atom. The van der Waals surface area contributed by atoms with Crippen LogP contribution in [0.5, 0.6) is 11.5 Å². The quantitative estimate of drug-likeness (QED) is 0.303. The second kappa shape index (κ2) is 10.5. The summed E-state index contributed by atoms with van der Waals surface area (Å²) >= 11 is 1.25. The minimum atomic E-state index is -0.675. The number of aromatic hydroxyl groups is 1. The van der Waals surface area contributed by atoms with Gasteiger partial charge in [-0.25, -0.2) is 4.98 Å². The van der Waals surface area contributed by atoms with Gasteiger partial charge in [0.05, 0.1) is 18.3 Å². The fourth-order valence-corrected chi connectivity index (χ4v) is 4.61. The molecule has 0 saturated carbocycles. The molecular weight excluding hydrogens is 450 g/mol. The highest BCUT2D eigenvalue weighted by Gasteiger charge is 2.23. The van der Waals surface area contributed by atoms with Gasteiger partial charge in [0.25, 0.3) is 11.5 Å². The fraction of sp³-hybridized carbons (Fsp3) is 0.269. The van der Waals surface area contributed by atoms with Crippen LogP contribution in [-0.2, 0) is 6.54 Å². The minimum Gasteiger partial charge on any atom is -0.506 e. The number of nitrogens with one attached hydrogen (secondary N) is 1. The van der Waals surface area contributed by atoms with Gasteiger partial charge < -0.3 is 14.4 Å². The number of benzene rings is 2. The number of unbranched alkanes of at least 4 members (excludes halogenated alkanes) is 3. The molecule has 34 heavy (non-hydrogen) atoms. The summed E-state index contributed by atoms with van der Waals surface area (Å²) in [4.78, 5) is 30.9. The molecule has 0 fully saturated rings. The number of carbonyl (C=O) groups is 1. The number of hydrogen-bond acceptors (Lipinski definition) is 6. The van der Waals surface area contributed by atoms with E-state index in [-0.39, 0.29) is 11.3 Å². The topological polar surface area (TPSA) is 93.5 Å². The number of carbonyl (C=O) groups excluding carboxylic acids is 1. The summed E-state index contributed by atoms with van der Waals surface area (Å²) in [5.74, 6) is -0.244. The Labute approximate surface area is 201 Å². The summed E-state index contributed by atoms with van der Waals surface area (Å²) in [6.07, 6.45) is 3.98. The summed E-state index contributed by atoms with van der Waals surface area (Å²) in [7, 11) is 1.60. The smallest absolute Gasteiger partial charge is 0.267 e. The van der Waals surface area contributed by atoms with Crippen molar-refractivity contribution < 1.29 is 14.6 Å². The third-order valence-corrected chi connectivity index (χ3v) is 6.48. The molecular formula is C26H27N3O4S. The highest BCUT2D eigenvalue weighted by molar-refractivity contribution is 7.14. The lowest BCUT2D eigenvalue weighted by atomic mass is 10.1. The molecule has 176 valence electrons. The van der Waals surface area contributed by atoms with Crippen molar-refractivity contribution in [2.75, 3.05) is 12.4 Å². The SMILES string of the molecule is CCCCCCn1c(=O)c(C(=O)Nc2nc(-c3ccc(OC)cc3)cs2)c(O)c2ccccc21. The molecule has 4 rings (SSSR count). The van der Waals surface area contributed by atoms with E-state index in [4.69, 9.17) is 4.74 Å². The first kappa shape index (κ1) is 23.5. The Bertz CT molecular complexity index is 1360. The van der Waals surface area contributed by atoms with Crippen molar-refractivity contribution >= 4 is 33.3 Å². The van der Waals surface area contributed by atoms with Gasteiger partial charge in [-0.05, 0) is 42.8 Å². The first-order valence-corrected chi connectivity index (χ1v) is 12.2. The standard InChI is InChI=1S/C26H27N3O4S/c1-3-4-5-8-15-29-21-10-7-6-9-19(21)23(30)22(25(29)32)24(31)28-26-27-20(16-34-26)17-11-13-18(33-2)14-12-17/h6-7,9-14,16,30H,3-5,8,15H2,1-2H3,(H,27,28,31). The van der Waals surface area contributed by atoms with Crippen molar-refractivity contribution in [2.24, 2.45) is 0 Å². The van der Waals surface area contributed by atoms with Gasteiger partial charge in [-0.1, -0.05) is 38.3 Å². The van der Waals surface area contributed by atoms with E-state index < -0.39 is 11.5 Å². The molecule has 2 aromatic heterocycles. The lowest BCUT2D eigenvalue weighted by Crippen LogP contribution is -2.30. The molecule has 0 aliphatic heterocycles. The van der Waals surface area contributed by atoms with E-state index in [1.54, 1.807) is 29.9 Å². The van der Waals surface area contributed by atoms with Crippen molar-refractivity contribution in [1.29, 1.82) is 0 Å². The third-order valence-electron chi connectivity index (χ3n) is 5.72. The second-order valence-corrected chi connectivity index (χ2v) is 8.84. The lowest BCUT2D eigenvalue weighted by Gasteiger charge is -2.14. The molecule has 2 heterocycles. The van der Waals surface area contributed by atoms with Crippen LogP contribution in [0.25, 0.3) is 22.2 Å². The zero-order valence-corrected chi connectivity index (χ0v) is 20.0. The van der Waals surface area contributed by atoms with Crippen LogP contribution >= 0.6 is 11.3 Å². The number of aryl methyl sites for hydroxylation is 1. The molecule has 0 unspecified atom stereocenters. The molecule has 0 saturated heterocycles. The van der Waals surface area contributed by atoms with Gasteiger partial charge in [0, 0.05) is 22.9 Å². The van der Waals surface area contributed by atoms with Crippen molar-refractivity contribution in [3.8, 4) is 22.8 Å². The van der Waals surface area contributed by atoms with Crippen LogP contribution in [0.3, 0.4) is 0 Å². The zero-order valence-electron chi connectivity index (χ0n) is 19.2. The van der Waals surface area contributed by atoms with E-state index in [1.807, 2.05) is 35.7 Å². The zero-order chi connectivity index (χ0) is 24.1. The number of fused-ring (bicyclic) bond motifs is 1. The Kier molecular flexibility index (Phi) is 7.27. The maximum Gasteiger partial charge on any atom is 0.267 e. The van der Waals surface area contributed by atoms with E-state index in [0.717, 1.165) is 37.0 Å². The third kappa shape index (κ3) is 4.82. The summed E-state index contributed by atoms with van der Waals surface area (Å²) in [5, 5.41) is 16.2. The predicted octanol–water partition coefficient (Wildman–Crippen LogP) is 5.67. The van der Waals surface area contributed by atoms with Crippen molar-refractivity contribution in [2.45, 2.75) is 39.2 Å². The fourth-order valence-electron chi connectivity index (χ4n) is 3.90. The van der Waals surface area contributed by atoms with Gasteiger partial charge in [-0.2, -0.15) is 0 Å². The first-order valence-electron chi connectivity index (χ1n) is 11.3. The van der Waals surface area contributed by atoms with E-state index in [2.05, 4.69) is 17.2 Å². The highest BCUT2D eigenvalue weighted by atomic mass is 32.1. The van der Waals surface area contributed by atoms with Gasteiger partial charge in [0.1, 0.15) is 17.1 Å². The Hall–Kier alpha value is -3.65. The number of methoxy groups -OCH3 is 1. The van der Waals surface area contributed by atoms with Gasteiger partial charge >= 0.3 is 0 Å². The molecule has 2 N–H and O–H groups in total. The molecule has 0 aliphatic rings. The van der Waals surface area contributed by atoms with Gasteiger partial charge in [0.15, 0.2) is 5.13 Å². The maximum absolute atomic E-state index is 13.3. The predicted molar refractivity (Wildman–Crippen MR) is 136 cm³/mol. The molecule has 4 aromatic rings. The molecule has 2 aromatic carbocycles. The molecule has 8 heteroatoms. The van der Waals surface area contributed by atoms with Crippen LogP contribution in [0.4, 0.5) is 5.13 Å². The number of hydrogen-bond donors (Lipinski definition) is 2. The average Bonchev–Trinajstić information content (AvgIpc) is 3.32. The van der Waals surface area contributed by atoms with Gasteiger partial charge in [-0.3, -0.25) is 14.9 Å². The summed E-state index contributed by atoms with van der Waals surface area (Å²) in [6.45, 7) is 2.61. The van der Waals surface area contributed by atoms with Crippen LogP contribution in [0.1, 0.15) is 43.0 Å². The van der Waals surface area contributed by atoms with Crippen LogP contribution < -0.4 is 15.6 Å². The number of ether oxygens (including phenoxy) is 1. The average molecular weight is 478 g/mol. The molecule has 0 bridgehead atoms. The monoisotopic (exact) mass is 477 g/mol. The Morgan fingerprint density at radius 3 is 2.62 bits per heavy atom. The first-order chi connectivity index (χ1) is 16.5. The number of pyridine rings is 1. The van der Waals surface area contributed by atoms with E-state index in [0.29, 0.717) is 28.3 Å². The summed E-state index contributed by atoms with van der Waals surface area (Å²) in [6, 6.07) is 14.5. The molecule has 1 amide bonds. The summed E-state index contributed by atoms with van der Waals surface area (Å²) in [5.41, 5.74) is 1.42. The molecule has 0 aliphatic carbocycles. The number of amides is 1. The van der Waals surface area contributed by atoms with E-state index in [1.165, 1.54) is 11.3 Å². The van der Waals surface area contributed by atoms with Crippen LogP contribution in [-0.4, -0.2) is 27.7 Å². The maximum atomic E-state index is 13.3. The van der Waals surface area contributed by atoms with Gasteiger partial charge in [-0.15, -0.1) is 11.3 Å². The van der Waals surface area contributed by atoms with Crippen LogP contribution in [0.15, 0.2) is 58.7 Å². The normalized spacial score (nSPS) is 11.0. The number of thiazole rings is 1. The second-order valence-electron chi connectivity index (χ2n) is 7.98. The Balaban J connectivity index is 1.63. The van der Waals surface area contributed by atoms with E-state index in [9.17, 15) is 14.7 Å². The van der Waals surface area contributed by atoms with Crippen molar-refractivity contribution in [3.05, 3.63) is 69.8 Å². The molecule has 0 radical (unpaired) electrons. The van der Waals surface area contributed by atoms with Crippen LogP contribution in [0, 0.1) is 0 Å². The number of rotatable bonds is 9. The molecule has 0 atom stereocenters. The molecule has 7 nitrogen and oxygen atoms in total. The summed E-state index contributed by atoms with van der Waals surface area (Å²) < 4.78 is 6.77. The largest absolute Gasteiger partial charge is 0.506 e. The van der Waals surface area contributed by atoms with Crippen LogP contribution in [0.2, 0.25) is 0 Å². The van der Waals surface area contributed by atoms with Crippen molar-refractivity contribution in [3.63, 3.8) is 0 Å². The van der Waals surface area contributed by atoms with Gasteiger partial charge in [0.2, 0.25) is 0 Å². The number of para-hydroxylation sites is 1. The Morgan fingerprint density at radius 1 is 1.12 bits per heavy atom. The van der Waals surface area contributed by atoms with E-state index >= 15 is 0 Å². The number of aromatic nitrogens is 2. The minimum absolute atomic E-state index is 0.268. The number of anilines is 1. The highest BCUT2D eigenvalue weighted by Crippen LogP contribution is 2.29. The molecule has 0 spiro atoms.